The lowest BCUT2D eigenvalue weighted by atomic mass is 10.1. The molecule has 0 aliphatic carbocycles. The molecule has 6 heteroatoms. The normalized spacial score (nSPS) is 12.1. The molecule has 5 nitrogen and oxygen atoms in total. The average molecular weight is 383 g/mol. The van der Waals surface area contributed by atoms with Crippen molar-refractivity contribution in [2.45, 2.75) is 32.9 Å². The van der Waals surface area contributed by atoms with Crippen molar-refractivity contribution in [1.29, 1.82) is 0 Å². The van der Waals surface area contributed by atoms with E-state index in [0.29, 0.717) is 0 Å². The second-order valence-electron chi connectivity index (χ2n) is 6.70. The van der Waals surface area contributed by atoms with Gasteiger partial charge < -0.3 is 9.88 Å². The second-order valence-corrected chi connectivity index (χ2v) is 7.68. The molecule has 1 amide bonds. The third kappa shape index (κ3) is 5.04. The monoisotopic (exact) mass is 382 g/mol. The Labute approximate surface area is 164 Å². The quantitative estimate of drug-likeness (QED) is 0.632. The summed E-state index contributed by atoms with van der Waals surface area (Å²) in [5, 5.41) is 7.55. The van der Waals surface area contributed by atoms with Crippen molar-refractivity contribution in [3.63, 3.8) is 0 Å². The average Bonchev–Trinajstić information content (AvgIpc) is 3.27. The molecule has 3 rings (SSSR count). The SMILES string of the molecule is CSCCC(C(=O)Nc1ccc(Cn2nc(C)cc2C)cc1)n1cccc1. The van der Waals surface area contributed by atoms with E-state index in [4.69, 9.17) is 0 Å². The van der Waals surface area contributed by atoms with Crippen molar-refractivity contribution in [2.24, 2.45) is 0 Å². The molecule has 2 aromatic heterocycles. The summed E-state index contributed by atoms with van der Waals surface area (Å²) in [6, 6.07) is 13.8. The van der Waals surface area contributed by atoms with E-state index in [1.54, 1.807) is 11.8 Å². The number of amides is 1. The van der Waals surface area contributed by atoms with Crippen molar-refractivity contribution < 1.29 is 4.79 Å². The highest BCUT2D eigenvalue weighted by molar-refractivity contribution is 7.98. The molecule has 27 heavy (non-hydrogen) atoms. The smallest absolute Gasteiger partial charge is 0.247 e. The molecule has 0 spiro atoms. The zero-order valence-corrected chi connectivity index (χ0v) is 16.9. The number of benzene rings is 1. The van der Waals surface area contributed by atoms with Gasteiger partial charge in [0.1, 0.15) is 6.04 Å². The molecule has 2 heterocycles. The van der Waals surface area contributed by atoms with Gasteiger partial charge in [0.2, 0.25) is 5.91 Å². The van der Waals surface area contributed by atoms with E-state index in [1.807, 2.05) is 65.0 Å². The molecule has 0 aliphatic rings. The van der Waals surface area contributed by atoms with Crippen LogP contribution in [-0.4, -0.2) is 32.3 Å². The molecule has 142 valence electrons. The first-order chi connectivity index (χ1) is 13.1. The van der Waals surface area contributed by atoms with Crippen LogP contribution in [0.5, 0.6) is 0 Å². The Morgan fingerprint density at radius 2 is 1.89 bits per heavy atom. The van der Waals surface area contributed by atoms with Gasteiger partial charge in [-0.15, -0.1) is 0 Å². The summed E-state index contributed by atoms with van der Waals surface area (Å²) in [6.07, 6.45) is 6.76. The van der Waals surface area contributed by atoms with Crippen molar-refractivity contribution in [2.75, 3.05) is 17.3 Å². The second kappa shape index (κ2) is 8.95. The number of aryl methyl sites for hydroxylation is 2. The van der Waals surface area contributed by atoms with E-state index in [0.717, 1.165) is 41.4 Å². The maximum absolute atomic E-state index is 12.8. The van der Waals surface area contributed by atoms with E-state index in [1.165, 1.54) is 0 Å². The largest absolute Gasteiger partial charge is 0.342 e. The van der Waals surface area contributed by atoms with Crippen LogP contribution in [0.1, 0.15) is 29.4 Å². The van der Waals surface area contributed by atoms with Crippen LogP contribution in [0.25, 0.3) is 0 Å². The lowest BCUT2D eigenvalue weighted by Gasteiger charge is -2.18. The van der Waals surface area contributed by atoms with Gasteiger partial charge in [0.15, 0.2) is 0 Å². The lowest BCUT2D eigenvalue weighted by Crippen LogP contribution is -2.25. The number of rotatable bonds is 8. The van der Waals surface area contributed by atoms with Gasteiger partial charge in [-0.25, -0.2) is 0 Å². The fourth-order valence-corrected chi connectivity index (χ4v) is 3.59. The minimum absolute atomic E-state index is 0.0199. The predicted molar refractivity (Wildman–Crippen MR) is 112 cm³/mol. The molecule has 0 saturated carbocycles. The number of carbonyl (C=O) groups is 1. The number of anilines is 1. The number of hydrogen-bond donors (Lipinski definition) is 1. The Morgan fingerprint density at radius 3 is 2.48 bits per heavy atom. The summed E-state index contributed by atoms with van der Waals surface area (Å²) < 4.78 is 3.97. The van der Waals surface area contributed by atoms with Crippen molar-refractivity contribution in [3.8, 4) is 0 Å². The van der Waals surface area contributed by atoms with Crippen molar-refractivity contribution in [1.82, 2.24) is 14.3 Å². The predicted octanol–water partition coefficient (Wildman–Crippen LogP) is 4.28. The zero-order valence-electron chi connectivity index (χ0n) is 16.1. The number of nitrogens with zero attached hydrogens (tertiary/aromatic N) is 3. The van der Waals surface area contributed by atoms with E-state index in [9.17, 15) is 4.79 Å². The van der Waals surface area contributed by atoms with E-state index < -0.39 is 0 Å². The van der Waals surface area contributed by atoms with Crippen LogP contribution < -0.4 is 5.32 Å². The fraction of sp³-hybridized carbons (Fsp3) is 0.333. The molecule has 3 aromatic rings. The number of hydrogen-bond acceptors (Lipinski definition) is 3. The molecule has 1 N–H and O–H groups in total. The molecular formula is C21H26N4OS. The summed E-state index contributed by atoms with van der Waals surface area (Å²) in [6.45, 7) is 4.79. The number of thioether (sulfide) groups is 1. The molecule has 1 unspecified atom stereocenters. The maximum atomic E-state index is 12.8. The van der Waals surface area contributed by atoms with Gasteiger partial charge in [-0.05, 0) is 68.2 Å². The van der Waals surface area contributed by atoms with Gasteiger partial charge in [-0.3, -0.25) is 9.48 Å². The van der Waals surface area contributed by atoms with E-state index >= 15 is 0 Å². The van der Waals surface area contributed by atoms with E-state index in [-0.39, 0.29) is 11.9 Å². The molecule has 0 radical (unpaired) electrons. The third-order valence-corrected chi connectivity index (χ3v) is 5.19. The molecule has 0 fully saturated rings. The highest BCUT2D eigenvalue weighted by Gasteiger charge is 2.19. The topological polar surface area (TPSA) is 51.9 Å². The number of aromatic nitrogens is 3. The standard InChI is InChI=1S/C21H26N4OS/c1-16-14-17(2)25(23-16)15-18-6-8-19(9-7-18)22-21(26)20(10-13-27-3)24-11-4-5-12-24/h4-9,11-12,14,20H,10,13,15H2,1-3H3,(H,22,26). The fourth-order valence-electron chi connectivity index (χ4n) is 3.13. The van der Waals surface area contributed by atoms with Gasteiger partial charge >= 0.3 is 0 Å². The van der Waals surface area contributed by atoms with Crippen LogP contribution in [0.2, 0.25) is 0 Å². The van der Waals surface area contributed by atoms with Gasteiger partial charge in [-0.1, -0.05) is 12.1 Å². The van der Waals surface area contributed by atoms with Gasteiger partial charge in [0, 0.05) is 23.8 Å². The Kier molecular flexibility index (Phi) is 6.40. The first-order valence-electron chi connectivity index (χ1n) is 9.09. The number of carbonyl (C=O) groups excluding carboxylic acids is 1. The summed E-state index contributed by atoms with van der Waals surface area (Å²) in [7, 11) is 0. The molecule has 1 atom stereocenters. The minimum atomic E-state index is -0.193. The lowest BCUT2D eigenvalue weighted by molar-refractivity contribution is -0.119. The Morgan fingerprint density at radius 1 is 1.19 bits per heavy atom. The van der Waals surface area contributed by atoms with Gasteiger partial charge in [-0.2, -0.15) is 16.9 Å². The van der Waals surface area contributed by atoms with Crippen LogP contribution in [0, 0.1) is 13.8 Å². The maximum Gasteiger partial charge on any atom is 0.247 e. The van der Waals surface area contributed by atoms with Crippen molar-refractivity contribution >= 4 is 23.4 Å². The first-order valence-corrected chi connectivity index (χ1v) is 10.5. The van der Waals surface area contributed by atoms with Crippen LogP contribution in [-0.2, 0) is 11.3 Å². The van der Waals surface area contributed by atoms with Crippen molar-refractivity contribution in [3.05, 3.63) is 71.8 Å². The van der Waals surface area contributed by atoms with Crippen LogP contribution in [0.3, 0.4) is 0 Å². The van der Waals surface area contributed by atoms with Crippen LogP contribution >= 0.6 is 11.8 Å². The Balaban J connectivity index is 1.66. The molecule has 0 bridgehead atoms. The number of nitrogens with one attached hydrogen (secondary N) is 1. The summed E-state index contributed by atoms with van der Waals surface area (Å²) in [4.78, 5) is 12.8. The van der Waals surface area contributed by atoms with Crippen LogP contribution in [0.15, 0.2) is 54.9 Å². The Bertz CT molecular complexity index is 868. The van der Waals surface area contributed by atoms with Gasteiger partial charge in [0.05, 0.1) is 12.2 Å². The van der Waals surface area contributed by atoms with Gasteiger partial charge in [0.25, 0.3) is 0 Å². The zero-order chi connectivity index (χ0) is 19.2. The van der Waals surface area contributed by atoms with E-state index in [2.05, 4.69) is 29.7 Å². The highest BCUT2D eigenvalue weighted by atomic mass is 32.2. The molecule has 0 aliphatic heterocycles. The van der Waals surface area contributed by atoms with Crippen LogP contribution in [0.4, 0.5) is 5.69 Å². The summed E-state index contributed by atoms with van der Waals surface area (Å²) in [5.41, 5.74) is 4.15. The third-order valence-electron chi connectivity index (χ3n) is 4.54. The molecule has 0 saturated heterocycles. The molecule has 1 aromatic carbocycles. The summed E-state index contributed by atoms with van der Waals surface area (Å²) >= 11 is 1.76. The first kappa shape index (κ1) is 19.3. The molecular weight excluding hydrogens is 356 g/mol. The summed E-state index contributed by atoms with van der Waals surface area (Å²) in [5.74, 6) is 0.962. The Hall–Kier alpha value is -2.47. The minimum Gasteiger partial charge on any atom is -0.342 e. The highest BCUT2D eigenvalue weighted by Crippen LogP contribution is 2.19.